The molecule has 0 saturated carbocycles. The second-order valence-electron chi connectivity index (χ2n) is 4.13. The number of ether oxygens (including phenoxy) is 1. The Balaban J connectivity index is 2.30. The Morgan fingerprint density at radius 3 is 2.62 bits per heavy atom. The van der Waals surface area contributed by atoms with E-state index in [-0.39, 0.29) is 27.4 Å². The molecule has 0 radical (unpaired) electrons. The average molecular weight is 328 g/mol. The molecule has 6 nitrogen and oxygen atoms in total. The molecule has 21 heavy (non-hydrogen) atoms. The number of nitro groups is 1. The molecule has 0 aliphatic heterocycles. The van der Waals surface area contributed by atoms with Gasteiger partial charge in [-0.1, -0.05) is 29.3 Å². The van der Waals surface area contributed by atoms with Crippen molar-refractivity contribution in [1.29, 1.82) is 0 Å². The summed E-state index contributed by atoms with van der Waals surface area (Å²) < 4.78 is 5.42. The van der Waals surface area contributed by atoms with E-state index in [0.29, 0.717) is 6.54 Å². The lowest BCUT2D eigenvalue weighted by Gasteiger charge is -2.07. The Kier molecular flexibility index (Phi) is 4.95. The fourth-order valence-corrected chi connectivity index (χ4v) is 1.95. The van der Waals surface area contributed by atoms with Crippen LogP contribution in [0.15, 0.2) is 30.5 Å². The maximum absolute atomic E-state index is 11.0. The molecule has 8 heteroatoms. The molecule has 0 saturated heterocycles. The van der Waals surface area contributed by atoms with Crippen LogP contribution in [0.4, 0.5) is 5.69 Å². The molecule has 0 amide bonds. The van der Waals surface area contributed by atoms with Gasteiger partial charge >= 0.3 is 5.69 Å². The summed E-state index contributed by atoms with van der Waals surface area (Å²) in [5, 5.41) is 14.3. The number of nitro benzene ring substituents is 1. The Hall–Kier alpha value is -1.89. The fourth-order valence-electron chi connectivity index (χ4n) is 1.64. The van der Waals surface area contributed by atoms with Crippen LogP contribution in [-0.4, -0.2) is 17.0 Å². The molecule has 0 bridgehead atoms. The van der Waals surface area contributed by atoms with Crippen molar-refractivity contribution in [2.45, 2.75) is 6.54 Å². The van der Waals surface area contributed by atoms with E-state index in [1.54, 1.807) is 12.3 Å². The molecule has 0 fully saturated rings. The van der Waals surface area contributed by atoms with Crippen molar-refractivity contribution in [1.82, 2.24) is 10.3 Å². The lowest BCUT2D eigenvalue weighted by Crippen LogP contribution is -2.05. The molecule has 110 valence electrons. The smallest absolute Gasteiger partial charge is 0.313 e. The zero-order valence-corrected chi connectivity index (χ0v) is 12.5. The zero-order chi connectivity index (χ0) is 15.4. The van der Waals surface area contributed by atoms with E-state index >= 15 is 0 Å². The van der Waals surface area contributed by atoms with Gasteiger partial charge in [0.05, 0.1) is 15.0 Å². The SMILES string of the molecule is CNCc1ccc(Oc2cc(Cl)c(Cl)cc2[N+](=O)[O-])nc1. The van der Waals surface area contributed by atoms with Gasteiger partial charge in [0.1, 0.15) is 0 Å². The molecule has 0 atom stereocenters. The van der Waals surface area contributed by atoms with Crippen LogP contribution in [0.3, 0.4) is 0 Å². The second kappa shape index (κ2) is 6.71. The molecule has 1 N–H and O–H groups in total. The van der Waals surface area contributed by atoms with Crippen molar-refractivity contribution in [2.75, 3.05) is 7.05 Å². The van der Waals surface area contributed by atoms with E-state index in [0.717, 1.165) is 11.6 Å². The minimum absolute atomic E-state index is 0.0109. The highest BCUT2D eigenvalue weighted by Gasteiger charge is 2.19. The minimum Gasteiger partial charge on any atom is -0.432 e. The third-order valence-corrected chi connectivity index (χ3v) is 3.31. The van der Waals surface area contributed by atoms with Crippen molar-refractivity contribution >= 4 is 28.9 Å². The lowest BCUT2D eigenvalue weighted by molar-refractivity contribution is -0.385. The van der Waals surface area contributed by atoms with Crippen LogP contribution < -0.4 is 10.1 Å². The maximum atomic E-state index is 11.0. The summed E-state index contributed by atoms with van der Waals surface area (Å²) in [4.78, 5) is 14.5. The van der Waals surface area contributed by atoms with Crippen LogP contribution in [0.25, 0.3) is 0 Å². The normalized spacial score (nSPS) is 10.4. The third-order valence-electron chi connectivity index (χ3n) is 2.59. The first-order valence-electron chi connectivity index (χ1n) is 5.92. The number of hydrogen-bond donors (Lipinski definition) is 1. The average Bonchev–Trinajstić information content (AvgIpc) is 2.44. The first-order valence-corrected chi connectivity index (χ1v) is 6.67. The van der Waals surface area contributed by atoms with E-state index in [1.165, 1.54) is 6.07 Å². The van der Waals surface area contributed by atoms with Crippen molar-refractivity contribution < 1.29 is 9.66 Å². The Morgan fingerprint density at radius 2 is 2.05 bits per heavy atom. The molecule has 2 rings (SSSR count). The summed E-state index contributed by atoms with van der Waals surface area (Å²) in [6, 6.07) is 5.88. The van der Waals surface area contributed by atoms with E-state index < -0.39 is 4.92 Å². The molecule has 0 aliphatic carbocycles. The van der Waals surface area contributed by atoms with Gasteiger partial charge in [-0.3, -0.25) is 10.1 Å². The van der Waals surface area contributed by atoms with E-state index in [1.807, 2.05) is 13.1 Å². The van der Waals surface area contributed by atoms with Gasteiger partial charge in [0.2, 0.25) is 11.6 Å². The lowest BCUT2D eigenvalue weighted by atomic mass is 10.3. The molecular formula is C13H11Cl2N3O3. The molecule has 0 spiro atoms. The van der Waals surface area contributed by atoms with Crippen molar-refractivity contribution in [3.05, 3.63) is 56.2 Å². The van der Waals surface area contributed by atoms with Crippen molar-refractivity contribution in [3.63, 3.8) is 0 Å². The van der Waals surface area contributed by atoms with Gasteiger partial charge in [-0.05, 0) is 12.6 Å². The number of benzene rings is 1. The van der Waals surface area contributed by atoms with Gasteiger partial charge in [-0.25, -0.2) is 4.98 Å². The quantitative estimate of drug-likeness (QED) is 0.667. The monoisotopic (exact) mass is 327 g/mol. The third kappa shape index (κ3) is 3.81. The highest BCUT2D eigenvalue weighted by molar-refractivity contribution is 6.42. The number of hydrogen-bond acceptors (Lipinski definition) is 5. The summed E-state index contributed by atoms with van der Waals surface area (Å²) in [5.41, 5.74) is 0.694. The summed E-state index contributed by atoms with van der Waals surface area (Å²) in [6.07, 6.45) is 1.62. The van der Waals surface area contributed by atoms with Crippen molar-refractivity contribution in [2.24, 2.45) is 0 Å². The highest BCUT2D eigenvalue weighted by atomic mass is 35.5. The number of rotatable bonds is 5. The van der Waals surface area contributed by atoms with Crippen LogP contribution >= 0.6 is 23.2 Å². The molecule has 1 heterocycles. The minimum atomic E-state index is -0.590. The number of halogens is 2. The Morgan fingerprint density at radius 1 is 1.33 bits per heavy atom. The largest absolute Gasteiger partial charge is 0.432 e. The van der Waals surface area contributed by atoms with Crippen LogP contribution in [-0.2, 0) is 6.54 Å². The topological polar surface area (TPSA) is 77.3 Å². The van der Waals surface area contributed by atoms with E-state index in [4.69, 9.17) is 27.9 Å². The number of aromatic nitrogens is 1. The molecule has 1 aromatic heterocycles. The Labute approximate surface area is 130 Å². The molecule has 0 aliphatic rings. The highest BCUT2D eigenvalue weighted by Crippen LogP contribution is 2.37. The zero-order valence-electron chi connectivity index (χ0n) is 11.0. The number of nitrogens with one attached hydrogen (secondary N) is 1. The summed E-state index contributed by atoms with van der Waals surface area (Å²) in [6.45, 7) is 0.667. The summed E-state index contributed by atoms with van der Waals surface area (Å²) >= 11 is 11.6. The molecule has 0 unspecified atom stereocenters. The maximum Gasteiger partial charge on any atom is 0.313 e. The first-order chi connectivity index (χ1) is 10.0. The van der Waals surface area contributed by atoms with Gasteiger partial charge in [0.25, 0.3) is 0 Å². The Bertz CT molecular complexity index is 662. The fraction of sp³-hybridized carbons (Fsp3) is 0.154. The van der Waals surface area contributed by atoms with Crippen molar-refractivity contribution in [3.8, 4) is 11.6 Å². The van der Waals surface area contributed by atoms with Gasteiger partial charge in [-0.15, -0.1) is 0 Å². The van der Waals surface area contributed by atoms with Gasteiger partial charge in [-0.2, -0.15) is 0 Å². The standard InChI is InChI=1S/C13H11Cl2N3O3/c1-16-6-8-2-3-13(17-7-8)21-12-5-10(15)9(14)4-11(12)18(19)20/h2-5,7,16H,6H2,1H3. The van der Waals surface area contributed by atoms with E-state index in [9.17, 15) is 10.1 Å². The van der Waals surface area contributed by atoms with Crippen LogP contribution in [0.2, 0.25) is 10.0 Å². The summed E-state index contributed by atoms with van der Waals surface area (Å²) in [5.74, 6) is 0.222. The number of pyridine rings is 1. The number of nitrogens with zero attached hydrogens (tertiary/aromatic N) is 2. The van der Waals surface area contributed by atoms with Crippen LogP contribution in [0.1, 0.15) is 5.56 Å². The molecular weight excluding hydrogens is 317 g/mol. The predicted octanol–water partition coefficient (Wildman–Crippen LogP) is 3.81. The van der Waals surface area contributed by atoms with Gasteiger partial charge in [0, 0.05) is 30.9 Å². The summed E-state index contributed by atoms with van der Waals surface area (Å²) in [7, 11) is 1.82. The second-order valence-corrected chi connectivity index (χ2v) is 4.94. The predicted molar refractivity (Wildman–Crippen MR) is 80.2 cm³/mol. The van der Waals surface area contributed by atoms with E-state index in [2.05, 4.69) is 10.3 Å². The van der Waals surface area contributed by atoms with Crippen LogP contribution in [0, 0.1) is 10.1 Å². The van der Waals surface area contributed by atoms with Gasteiger partial charge < -0.3 is 10.1 Å². The molecule has 1 aromatic carbocycles. The first kappa shape index (κ1) is 15.5. The van der Waals surface area contributed by atoms with Crippen LogP contribution in [0.5, 0.6) is 11.6 Å². The van der Waals surface area contributed by atoms with Gasteiger partial charge in [0.15, 0.2) is 0 Å². The molecule has 2 aromatic rings.